The molecule has 0 saturated heterocycles. The average molecular weight is 418 g/mol. The predicted octanol–water partition coefficient (Wildman–Crippen LogP) is 5.80. The summed E-state index contributed by atoms with van der Waals surface area (Å²) in [7, 11) is -3.70. The number of benzene rings is 1. The lowest BCUT2D eigenvalue weighted by Crippen LogP contribution is -2.21. The van der Waals surface area contributed by atoms with Gasteiger partial charge in [-0.25, -0.2) is 0 Å². The van der Waals surface area contributed by atoms with Crippen LogP contribution in [0, 0.1) is 10.1 Å². The van der Waals surface area contributed by atoms with Gasteiger partial charge in [-0.2, -0.15) is 0 Å². The van der Waals surface area contributed by atoms with Crippen molar-refractivity contribution in [3.8, 4) is 0 Å². The van der Waals surface area contributed by atoms with Gasteiger partial charge in [0.25, 0.3) is 5.69 Å². The zero-order valence-electron chi connectivity index (χ0n) is 17.1. The van der Waals surface area contributed by atoms with Gasteiger partial charge in [0, 0.05) is 29.4 Å². The van der Waals surface area contributed by atoms with Crippen molar-refractivity contribution in [1.29, 1.82) is 0 Å². The van der Waals surface area contributed by atoms with E-state index in [4.69, 9.17) is 9.05 Å². The van der Waals surface area contributed by atoms with Gasteiger partial charge < -0.3 is 14.4 Å². The van der Waals surface area contributed by atoms with E-state index in [2.05, 4.69) is 5.32 Å². The second-order valence-electron chi connectivity index (χ2n) is 6.54. The molecule has 0 saturated carbocycles. The van der Waals surface area contributed by atoms with Crippen molar-refractivity contribution < 1.29 is 18.5 Å². The zero-order chi connectivity index (χ0) is 21.4. The highest BCUT2D eigenvalue weighted by Gasteiger charge is 2.39. The Kier molecular flexibility index (Phi) is 8.14. The van der Waals surface area contributed by atoms with Gasteiger partial charge in [0.1, 0.15) is 0 Å². The molecule has 0 radical (unpaired) electrons. The molecular weight excluding hydrogens is 391 g/mol. The molecule has 1 aliphatic heterocycles. The lowest BCUT2D eigenvalue weighted by Gasteiger charge is -2.31. The van der Waals surface area contributed by atoms with E-state index in [-0.39, 0.29) is 18.9 Å². The summed E-state index contributed by atoms with van der Waals surface area (Å²) in [5, 5.41) is 14.9. The Balaban J connectivity index is 2.55. The molecule has 0 aromatic heterocycles. The van der Waals surface area contributed by atoms with Crippen LogP contribution in [0.2, 0.25) is 0 Å². The fourth-order valence-electron chi connectivity index (χ4n) is 3.08. The summed E-state index contributed by atoms with van der Waals surface area (Å²) in [4.78, 5) is 10.8. The molecule has 1 heterocycles. The number of allylic oxidation sites excluding steroid dienone is 6. The van der Waals surface area contributed by atoms with Gasteiger partial charge in [-0.05, 0) is 33.3 Å². The Labute approximate surface area is 171 Å². The average Bonchev–Trinajstić information content (AvgIpc) is 2.67. The maximum Gasteiger partial charge on any atom is 0.360 e. The number of hydrogen-bond donors (Lipinski definition) is 1. The monoisotopic (exact) mass is 418 g/mol. The van der Waals surface area contributed by atoms with Crippen molar-refractivity contribution in [2.24, 2.45) is 0 Å². The van der Waals surface area contributed by atoms with E-state index >= 15 is 0 Å². The normalized spacial score (nSPS) is 19.3. The summed E-state index contributed by atoms with van der Waals surface area (Å²) in [6.07, 6.45) is 8.99. The third-order valence-electron chi connectivity index (χ3n) is 4.37. The first-order chi connectivity index (χ1) is 13.8. The van der Waals surface area contributed by atoms with E-state index in [1.807, 2.05) is 26.8 Å². The molecule has 1 aromatic rings. The van der Waals surface area contributed by atoms with Gasteiger partial charge in [-0.15, -0.1) is 0 Å². The fraction of sp³-hybridized carbons (Fsp3) is 0.333. The summed E-state index contributed by atoms with van der Waals surface area (Å²) in [6, 6.07) is 6.33. The molecule has 0 aliphatic carbocycles. The van der Waals surface area contributed by atoms with Crippen molar-refractivity contribution in [2.45, 2.75) is 33.6 Å². The van der Waals surface area contributed by atoms with E-state index in [0.29, 0.717) is 16.6 Å². The topological polar surface area (TPSA) is 90.7 Å². The van der Waals surface area contributed by atoms with Gasteiger partial charge >= 0.3 is 7.60 Å². The second kappa shape index (κ2) is 10.3. The van der Waals surface area contributed by atoms with Crippen LogP contribution in [0.15, 0.2) is 71.4 Å². The Morgan fingerprint density at radius 1 is 1.17 bits per heavy atom. The van der Waals surface area contributed by atoms with Gasteiger partial charge in [0.05, 0.1) is 23.5 Å². The van der Waals surface area contributed by atoms with Crippen LogP contribution in [-0.4, -0.2) is 18.1 Å². The lowest BCUT2D eigenvalue weighted by atomic mass is 9.94. The van der Waals surface area contributed by atoms with Crippen LogP contribution in [0.25, 0.3) is 0 Å². The molecule has 7 nitrogen and oxygen atoms in total. The first-order valence-electron chi connectivity index (χ1n) is 9.35. The Bertz CT molecular complexity index is 897. The minimum absolute atomic E-state index is 0.0245. The molecule has 0 spiro atoms. The van der Waals surface area contributed by atoms with Crippen LogP contribution in [0.4, 0.5) is 5.69 Å². The summed E-state index contributed by atoms with van der Waals surface area (Å²) in [5.74, 6) is -0.474. The fourth-order valence-corrected chi connectivity index (χ4v) is 5.02. The van der Waals surface area contributed by atoms with Crippen LogP contribution in [0.1, 0.15) is 39.2 Å². The predicted molar refractivity (Wildman–Crippen MR) is 115 cm³/mol. The van der Waals surface area contributed by atoms with Crippen molar-refractivity contribution in [3.05, 3.63) is 87.0 Å². The number of nitro groups is 1. The molecule has 2 rings (SSSR count). The van der Waals surface area contributed by atoms with E-state index in [0.717, 1.165) is 5.70 Å². The van der Waals surface area contributed by atoms with Crippen molar-refractivity contribution in [3.63, 3.8) is 0 Å². The molecule has 156 valence electrons. The van der Waals surface area contributed by atoms with Crippen LogP contribution >= 0.6 is 7.60 Å². The molecule has 1 aromatic carbocycles. The molecule has 0 amide bonds. The maximum absolute atomic E-state index is 13.9. The third kappa shape index (κ3) is 5.76. The number of rotatable bonds is 9. The maximum atomic E-state index is 13.9. The first-order valence-corrected chi connectivity index (χ1v) is 10.9. The van der Waals surface area contributed by atoms with Gasteiger partial charge in [-0.1, -0.05) is 42.5 Å². The number of nitrogens with one attached hydrogen (secondary N) is 1. The molecule has 29 heavy (non-hydrogen) atoms. The van der Waals surface area contributed by atoms with Crippen LogP contribution < -0.4 is 5.32 Å². The number of nitro benzene ring substituents is 1. The van der Waals surface area contributed by atoms with Crippen molar-refractivity contribution >= 4 is 13.3 Å². The minimum Gasteiger partial charge on any atom is -0.362 e. The second-order valence-corrected chi connectivity index (χ2v) is 8.53. The minimum atomic E-state index is -3.70. The number of dihydropyridines is 1. The van der Waals surface area contributed by atoms with Gasteiger partial charge in [0.15, 0.2) is 0 Å². The lowest BCUT2D eigenvalue weighted by molar-refractivity contribution is -0.384. The highest BCUT2D eigenvalue weighted by atomic mass is 31.2. The molecule has 1 unspecified atom stereocenters. The van der Waals surface area contributed by atoms with E-state index in [1.54, 1.807) is 43.4 Å². The van der Waals surface area contributed by atoms with Crippen LogP contribution in [0.3, 0.4) is 0 Å². The highest BCUT2D eigenvalue weighted by Crippen LogP contribution is 2.62. The third-order valence-corrected chi connectivity index (χ3v) is 6.55. The van der Waals surface area contributed by atoms with E-state index < -0.39 is 18.4 Å². The largest absolute Gasteiger partial charge is 0.362 e. The number of non-ortho nitro benzene ring substituents is 1. The van der Waals surface area contributed by atoms with Gasteiger partial charge in [0.2, 0.25) is 0 Å². The summed E-state index contributed by atoms with van der Waals surface area (Å²) < 4.78 is 25.3. The molecular formula is C21H27N2O5P. The molecule has 1 N–H and O–H groups in total. The van der Waals surface area contributed by atoms with Gasteiger partial charge in [-0.3, -0.25) is 14.7 Å². The zero-order valence-corrected chi connectivity index (χ0v) is 18.0. The molecule has 0 fully saturated rings. The van der Waals surface area contributed by atoms with Crippen molar-refractivity contribution in [1.82, 2.24) is 5.32 Å². The number of nitrogens with zero attached hydrogens (tertiary/aromatic N) is 1. The summed E-state index contributed by atoms with van der Waals surface area (Å²) >= 11 is 0. The smallest absolute Gasteiger partial charge is 0.360 e. The summed E-state index contributed by atoms with van der Waals surface area (Å²) in [6.45, 7) is 7.65. The standard InChI is InChI=1S/C21H27N2O5P/c1-5-7-12-27-29(26,28-13-8-6-2)21-17(4)22-16(3)14-20(21)18-10-9-11-19(15-18)23(24)25/h5-11,14-15,20,22H,12-13H2,1-4H3. The molecule has 1 atom stereocenters. The number of hydrogen-bond acceptors (Lipinski definition) is 6. The molecule has 8 heteroatoms. The molecule has 0 bridgehead atoms. The Morgan fingerprint density at radius 2 is 1.79 bits per heavy atom. The van der Waals surface area contributed by atoms with Crippen LogP contribution in [0.5, 0.6) is 0 Å². The van der Waals surface area contributed by atoms with Crippen LogP contribution in [-0.2, 0) is 13.6 Å². The summed E-state index contributed by atoms with van der Waals surface area (Å²) in [5.41, 5.74) is 2.14. The highest BCUT2D eigenvalue weighted by molar-refractivity contribution is 7.58. The quantitative estimate of drug-likeness (QED) is 0.236. The van der Waals surface area contributed by atoms with E-state index in [9.17, 15) is 14.7 Å². The van der Waals surface area contributed by atoms with Crippen molar-refractivity contribution in [2.75, 3.05) is 13.2 Å². The first kappa shape index (κ1) is 22.8. The Morgan fingerprint density at radius 3 is 2.34 bits per heavy atom. The Hall–Kier alpha value is -2.47. The SMILES string of the molecule is CC=CCOP(=O)(OCC=CC)C1=C(C)NC(C)=CC1c1cccc([N+](=O)[O-])c1. The molecule has 1 aliphatic rings. The van der Waals surface area contributed by atoms with E-state index in [1.165, 1.54) is 12.1 Å².